The van der Waals surface area contributed by atoms with Crippen LogP contribution < -0.4 is 10.5 Å². The van der Waals surface area contributed by atoms with E-state index in [1.807, 2.05) is 22.6 Å². The van der Waals surface area contributed by atoms with E-state index in [1.165, 1.54) is 6.33 Å². The number of halogens is 3. The Balaban J connectivity index is 2.71. The van der Waals surface area contributed by atoms with Gasteiger partial charge in [-0.3, -0.25) is 0 Å². The average Bonchev–Trinajstić information content (AvgIpc) is 2.07. The van der Waals surface area contributed by atoms with Crippen LogP contribution >= 0.6 is 22.6 Å². The van der Waals surface area contributed by atoms with Gasteiger partial charge in [0.05, 0.1) is 0 Å². The summed E-state index contributed by atoms with van der Waals surface area (Å²) in [5.74, 6) is -0.000278. The third-order valence-electron chi connectivity index (χ3n) is 1.14. The Hall–Kier alpha value is -0.730. The third-order valence-corrected chi connectivity index (χ3v) is 2.00. The smallest absolute Gasteiger partial charge is 0.272 e. The van der Waals surface area contributed by atoms with Crippen molar-refractivity contribution >= 4 is 28.3 Å². The summed E-state index contributed by atoms with van der Waals surface area (Å²) in [5, 5.41) is 0. The lowest BCUT2D eigenvalue weighted by atomic mass is 10.5. The lowest BCUT2D eigenvalue weighted by molar-refractivity contribution is 0.0799. The van der Waals surface area contributed by atoms with Gasteiger partial charge >= 0.3 is 0 Å². The lowest BCUT2D eigenvalue weighted by Gasteiger charge is -2.06. The molecule has 0 unspecified atom stereocenters. The maximum atomic E-state index is 11.7. The highest BCUT2D eigenvalue weighted by atomic mass is 127. The molecule has 72 valence electrons. The molecule has 1 aromatic heterocycles. The van der Waals surface area contributed by atoms with Crippen molar-refractivity contribution in [2.75, 3.05) is 12.3 Å². The van der Waals surface area contributed by atoms with Crippen molar-refractivity contribution < 1.29 is 13.5 Å². The Morgan fingerprint density at radius 2 is 2.23 bits per heavy atom. The fourth-order valence-electron chi connectivity index (χ4n) is 0.616. The van der Waals surface area contributed by atoms with Gasteiger partial charge in [0, 0.05) is 0 Å². The number of hydrogen-bond acceptors (Lipinski definition) is 4. The van der Waals surface area contributed by atoms with Gasteiger partial charge in [-0.25, -0.2) is 13.8 Å². The van der Waals surface area contributed by atoms with E-state index in [9.17, 15) is 8.78 Å². The van der Waals surface area contributed by atoms with Gasteiger partial charge in [0.15, 0.2) is 6.61 Å². The summed E-state index contributed by atoms with van der Waals surface area (Å²) in [6.07, 6.45) is -1.33. The maximum absolute atomic E-state index is 11.7. The van der Waals surface area contributed by atoms with Gasteiger partial charge in [-0.1, -0.05) is 0 Å². The first-order valence-corrected chi connectivity index (χ1v) is 4.36. The number of hydrogen-bond donors (Lipinski definition) is 1. The lowest BCUT2D eigenvalue weighted by Crippen LogP contribution is -2.10. The van der Waals surface area contributed by atoms with Crippen molar-refractivity contribution in [1.82, 2.24) is 9.97 Å². The second-order valence-electron chi connectivity index (χ2n) is 2.09. The van der Waals surface area contributed by atoms with Gasteiger partial charge < -0.3 is 10.5 Å². The van der Waals surface area contributed by atoms with E-state index in [0.29, 0.717) is 3.70 Å². The van der Waals surface area contributed by atoms with Crippen molar-refractivity contribution in [3.8, 4) is 5.88 Å². The average molecular weight is 301 g/mol. The quantitative estimate of drug-likeness (QED) is 0.675. The molecule has 0 fully saturated rings. The fraction of sp³-hybridized carbons (Fsp3) is 0.333. The zero-order valence-electron chi connectivity index (χ0n) is 6.38. The summed E-state index contributed by atoms with van der Waals surface area (Å²) >= 11 is 1.86. The SMILES string of the molecule is Nc1c(I)ncnc1OCC(F)F. The molecule has 0 aliphatic carbocycles. The first kappa shape index (κ1) is 10.4. The van der Waals surface area contributed by atoms with E-state index in [1.54, 1.807) is 0 Å². The molecule has 0 aromatic carbocycles. The van der Waals surface area contributed by atoms with Crippen LogP contribution in [0.2, 0.25) is 0 Å². The Morgan fingerprint density at radius 1 is 1.54 bits per heavy atom. The number of rotatable bonds is 3. The molecule has 0 radical (unpaired) electrons. The molecular weight excluding hydrogens is 295 g/mol. The molecule has 7 heteroatoms. The summed E-state index contributed by atoms with van der Waals surface area (Å²) in [6, 6.07) is 0. The van der Waals surface area contributed by atoms with E-state index in [2.05, 4.69) is 14.7 Å². The van der Waals surface area contributed by atoms with Crippen molar-refractivity contribution in [2.24, 2.45) is 0 Å². The summed E-state index contributed by atoms with van der Waals surface area (Å²) in [7, 11) is 0. The molecule has 1 heterocycles. The standard InChI is InChI=1S/C6H6F2IN3O/c7-3(8)1-13-6-4(10)5(9)11-2-12-6/h2-3H,1,10H2. The van der Waals surface area contributed by atoms with Crippen molar-refractivity contribution in [3.63, 3.8) is 0 Å². The molecule has 1 rings (SSSR count). The van der Waals surface area contributed by atoms with Gasteiger partial charge in [-0.2, -0.15) is 4.98 Å². The highest BCUT2D eigenvalue weighted by Crippen LogP contribution is 2.21. The highest BCUT2D eigenvalue weighted by Gasteiger charge is 2.09. The normalized spacial score (nSPS) is 10.5. The largest absolute Gasteiger partial charge is 0.470 e. The second-order valence-corrected chi connectivity index (χ2v) is 3.11. The molecule has 0 spiro atoms. The minimum Gasteiger partial charge on any atom is -0.470 e. The number of ether oxygens (including phenoxy) is 1. The molecule has 0 aliphatic rings. The van der Waals surface area contributed by atoms with Gasteiger partial charge in [0.25, 0.3) is 6.43 Å². The van der Waals surface area contributed by atoms with Crippen LogP contribution in [0.3, 0.4) is 0 Å². The number of nitrogens with zero attached hydrogens (tertiary/aromatic N) is 2. The number of anilines is 1. The van der Waals surface area contributed by atoms with Crippen molar-refractivity contribution in [2.45, 2.75) is 6.43 Å². The molecule has 0 saturated heterocycles. The molecule has 0 saturated carbocycles. The van der Waals surface area contributed by atoms with Crippen molar-refractivity contribution in [1.29, 1.82) is 0 Å². The maximum Gasteiger partial charge on any atom is 0.272 e. The summed E-state index contributed by atoms with van der Waals surface area (Å²) in [5.41, 5.74) is 5.65. The van der Waals surface area contributed by atoms with Gasteiger partial charge in [-0.15, -0.1) is 0 Å². The van der Waals surface area contributed by atoms with Crippen LogP contribution in [0.4, 0.5) is 14.5 Å². The first-order chi connectivity index (χ1) is 6.11. The number of alkyl halides is 2. The highest BCUT2D eigenvalue weighted by molar-refractivity contribution is 14.1. The number of nitrogens with two attached hydrogens (primary N) is 1. The Bertz CT molecular complexity index is 297. The van der Waals surface area contributed by atoms with E-state index in [-0.39, 0.29) is 11.6 Å². The molecule has 13 heavy (non-hydrogen) atoms. The van der Waals surface area contributed by atoms with Crippen LogP contribution in [0, 0.1) is 3.70 Å². The van der Waals surface area contributed by atoms with Gasteiger partial charge in [0.1, 0.15) is 15.7 Å². The van der Waals surface area contributed by atoms with E-state index >= 15 is 0 Å². The Labute approximate surface area is 86.6 Å². The topological polar surface area (TPSA) is 61.0 Å². The molecule has 0 atom stereocenters. The van der Waals surface area contributed by atoms with Crippen LogP contribution in [0.25, 0.3) is 0 Å². The molecule has 4 nitrogen and oxygen atoms in total. The van der Waals surface area contributed by atoms with Crippen molar-refractivity contribution in [3.05, 3.63) is 10.0 Å². The van der Waals surface area contributed by atoms with Gasteiger partial charge in [0.2, 0.25) is 5.88 Å². The Kier molecular flexibility index (Phi) is 3.58. The molecule has 2 N–H and O–H groups in total. The summed E-state index contributed by atoms with van der Waals surface area (Å²) in [6.45, 7) is -0.711. The van der Waals surface area contributed by atoms with Gasteiger partial charge in [-0.05, 0) is 22.6 Å². The van der Waals surface area contributed by atoms with Crippen LogP contribution in [0.1, 0.15) is 0 Å². The molecule has 0 bridgehead atoms. The predicted octanol–water partition coefficient (Wildman–Crippen LogP) is 1.31. The van der Waals surface area contributed by atoms with Crippen LogP contribution in [0.15, 0.2) is 6.33 Å². The minimum atomic E-state index is -2.54. The number of aromatic nitrogens is 2. The number of nitrogen functional groups attached to an aromatic ring is 1. The molecule has 1 aromatic rings. The zero-order chi connectivity index (χ0) is 9.84. The molecule has 0 aliphatic heterocycles. The monoisotopic (exact) mass is 301 g/mol. The van der Waals surface area contributed by atoms with Crippen LogP contribution in [-0.4, -0.2) is 23.0 Å². The summed E-state index contributed by atoms with van der Waals surface area (Å²) < 4.78 is 28.6. The third kappa shape index (κ3) is 2.90. The first-order valence-electron chi connectivity index (χ1n) is 3.28. The van der Waals surface area contributed by atoms with Crippen LogP contribution in [-0.2, 0) is 0 Å². The molecule has 0 amide bonds. The minimum absolute atomic E-state index is 0.000278. The van der Waals surface area contributed by atoms with E-state index < -0.39 is 13.0 Å². The van der Waals surface area contributed by atoms with E-state index in [0.717, 1.165) is 0 Å². The fourth-order valence-corrected chi connectivity index (χ4v) is 0.972. The van der Waals surface area contributed by atoms with E-state index in [4.69, 9.17) is 5.73 Å². The Morgan fingerprint density at radius 3 is 2.85 bits per heavy atom. The summed E-state index contributed by atoms with van der Waals surface area (Å²) in [4.78, 5) is 7.36. The molecular formula is C6H6F2IN3O. The van der Waals surface area contributed by atoms with Crippen LogP contribution in [0.5, 0.6) is 5.88 Å². The zero-order valence-corrected chi connectivity index (χ0v) is 8.53. The predicted molar refractivity (Wildman–Crippen MR) is 50.7 cm³/mol. The second kappa shape index (κ2) is 4.49.